The van der Waals surface area contributed by atoms with E-state index in [0.717, 1.165) is 18.4 Å². The van der Waals surface area contributed by atoms with Crippen molar-refractivity contribution in [1.82, 2.24) is 10.2 Å². The topological polar surface area (TPSA) is 58.4 Å². The third kappa shape index (κ3) is 6.35. The number of carbonyl (C=O) groups excluding carboxylic acids is 1. The van der Waals surface area contributed by atoms with Crippen molar-refractivity contribution in [1.29, 1.82) is 0 Å². The van der Waals surface area contributed by atoms with E-state index in [1.807, 2.05) is 30.3 Å². The van der Waals surface area contributed by atoms with Gasteiger partial charge in [0.25, 0.3) is 0 Å². The molecule has 0 saturated heterocycles. The summed E-state index contributed by atoms with van der Waals surface area (Å²) in [5, 5.41) is 3.37. The van der Waals surface area contributed by atoms with Gasteiger partial charge in [0.1, 0.15) is 0 Å². The first-order valence-corrected chi connectivity index (χ1v) is 11.4. The van der Waals surface area contributed by atoms with Crippen LogP contribution in [0.15, 0.2) is 48.5 Å². The Kier molecular flexibility index (Phi) is 8.16. The zero-order valence-electron chi connectivity index (χ0n) is 19.3. The molecule has 2 aromatic rings. The maximum Gasteiger partial charge on any atom is 0.416 e. The Balaban J connectivity index is 1.90. The SMILES string of the molecule is CN(C(=O)Cc1cc(C(F)(F)F)cc(C(F)(F)F)c1)[C@]1(c2ccccc2)CC[C@@H](NCCN)CC1. The van der Waals surface area contributed by atoms with Crippen LogP contribution in [0.25, 0.3) is 0 Å². The molecule has 0 radical (unpaired) electrons. The molecule has 4 nitrogen and oxygen atoms in total. The van der Waals surface area contributed by atoms with Gasteiger partial charge in [0.05, 0.1) is 23.1 Å². The number of alkyl halides is 6. The fraction of sp³-hybridized carbons (Fsp3) is 0.480. The minimum atomic E-state index is -4.97. The summed E-state index contributed by atoms with van der Waals surface area (Å²) in [6.07, 6.45) is -7.83. The monoisotopic (exact) mass is 501 g/mol. The van der Waals surface area contributed by atoms with Crippen LogP contribution in [-0.4, -0.2) is 37.0 Å². The van der Waals surface area contributed by atoms with E-state index >= 15 is 0 Å². The van der Waals surface area contributed by atoms with Gasteiger partial charge in [0.15, 0.2) is 0 Å². The van der Waals surface area contributed by atoms with Crippen LogP contribution in [0, 0.1) is 0 Å². The molecule has 35 heavy (non-hydrogen) atoms. The summed E-state index contributed by atoms with van der Waals surface area (Å²) < 4.78 is 79.5. The first kappa shape index (κ1) is 27.0. The summed E-state index contributed by atoms with van der Waals surface area (Å²) >= 11 is 0. The first-order valence-electron chi connectivity index (χ1n) is 11.4. The molecule has 2 aromatic carbocycles. The van der Waals surface area contributed by atoms with Crippen molar-refractivity contribution in [3.8, 4) is 0 Å². The van der Waals surface area contributed by atoms with Crippen LogP contribution in [0.5, 0.6) is 0 Å². The molecular weight excluding hydrogens is 472 g/mol. The highest BCUT2D eigenvalue weighted by Crippen LogP contribution is 2.42. The number of likely N-dealkylation sites (N-methyl/N-ethyl adjacent to an activating group) is 1. The van der Waals surface area contributed by atoms with Crippen molar-refractivity contribution < 1.29 is 31.1 Å². The van der Waals surface area contributed by atoms with Gasteiger partial charge in [0.2, 0.25) is 5.91 Å². The second kappa shape index (κ2) is 10.6. The van der Waals surface area contributed by atoms with E-state index in [9.17, 15) is 31.1 Å². The van der Waals surface area contributed by atoms with Gasteiger partial charge in [-0.15, -0.1) is 0 Å². The molecule has 10 heteroatoms. The second-order valence-corrected chi connectivity index (χ2v) is 8.96. The third-order valence-corrected chi connectivity index (χ3v) is 6.72. The summed E-state index contributed by atoms with van der Waals surface area (Å²) in [6.45, 7) is 1.16. The van der Waals surface area contributed by atoms with Crippen LogP contribution in [0.2, 0.25) is 0 Å². The lowest BCUT2D eigenvalue weighted by molar-refractivity contribution is -0.144. The average molecular weight is 502 g/mol. The number of carbonyl (C=O) groups is 1. The third-order valence-electron chi connectivity index (χ3n) is 6.72. The van der Waals surface area contributed by atoms with Gasteiger partial charge in [0, 0.05) is 26.2 Å². The van der Waals surface area contributed by atoms with Crippen LogP contribution in [0.3, 0.4) is 0 Å². The number of amides is 1. The van der Waals surface area contributed by atoms with E-state index in [1.54, 1.807) is 7.05 Å². The molecule has 0 bridgehead atoms. The Morgan fingerprint density at radius 2 is 1.54 bits per heavy atom. The van der Waals surface area contributed by atoms with Gasteiger partial charge in [-0.1, -0.05) is 30.3 Å². The van der Waals surface area contributed by atoms with Crippen LogP contribution in [0.1, 0.15) is 47.9 Å². The number of nitrogens with zero attached hydrogens (tertiary/aromatic N) is 1. The van der Waals surface area contributed by atoms with Crippen molar-refractivity contribution in [3.05, 3.63) is 70.8 Å². The molecule has 0 heterocycles. The Labute approximate surface area is 200 Å². The molecule has 0 unspecified atom stereocenters. The molecule has 0 spiro atoms. The van der Waals surface area contributed by atoms with Gasteiger partial charge in [-0.25, -0.2) is 0 Å². The van der Waals surface area contributed by atoms with Crippen LogP contribution in [0.4, 0.5) is 26.3 Å². The van der Waals surface area contributed by atoms with Crippen molar-refractivity contribution in [2.45, 2.75) is 56.0 Å². The molecule has 3 N–H and O–H groups in total. The fourth-order valence-electron chi connectivity index (χ4n) is 4.81. The quantitative estimate of drug-likeness (QED) is 0.519. The number of rotatable bonds is 7. The van der Waals surface area contributed by atoms with Gasteiger partial charge < -0.3 is 16.0 Å². The van der Waals surface area contributed by atoms with E-state index in [1.165, 1.54) is 4.90 Å². The molecule has 0 aliphatic heterocycles. The zero-order chi connectivity index (χ0) is 25.9. The van der Waals surface area contributed by atoms with E-state index in [4.69, 9.17) is 5.73 Å². The number of halogens is 6. The molecule has 0 atom stereocenters. The predicted molar refractivity (Wildman–Crippen MR) is 120 cm³/mol. The van der Waals surface area contributed by atoms with E-state index in [0.29, 0.717) is 38.1 Å². The molecule has 1 amide bonds. The molecular formula is C25H29F6N3O. The van der Waals surface area contributed by atoms with Crippen molar-refractivity contribution in [2.75, 3.05) is 20.1 Å². The van der Waals surface area contributed by atoms with Gasteiger partial charge >= 0.3 is 12.4 Å². The highest BCUT2D eigenvalue weighted by atomic mass is 19.4. The molecule has 192 valence electrons. The first-order chi connectivity index (χ1) is 16.4. The van der Waals surface area contributed by atoms with Gasteiger partial charge in [-0.05, 0) is 55.0 Å². The average Bonchev–Trinajstić information content (AvgIpc) is 2.82. The molecule has 1 saturated carbocycles. The molecule has 1 aliphatic rings. The molecule has 1 fully saturated rings. The molecule has 0 aromatic heterocycles. The Bertz CT molecular complexity index is 966. The van der Waals surface area contributed by atoms with Crippen molar-refractivity contribution in [2.24, 2.45) is 5.73 Å². The summed E-state index contributed by atoms with van der Waals surface area (Å²) in [6, 6.07) is 10.8. The lowest BCUT2D eigenvalue weighted by atomic mass is 9.73. The fourth-order valence-corrected chi connectivity index (χ4v) is 4.81. The lowest BCUT2D eigenvalue weighted by Gasteiger charge is -2.47. The maximum absolute atomic E-state index is 13.3. The Morgan fingerprint density at radius 3 is 2.03 bits per heavy atom. The van der Waals surface area contributed by atoms with Crippen LogP contribution < -0.4 is 11.1 Å². The number of nitrogens with one attached hydrogen (secondary N) is 1. The minimum Gasteiger partial charge on any atom is -0.336 e. The highest BCUT2D eigenvalue weighted by molar-refractivity contribution is 5.79. The number of hydrogen-bond donors (Lipinski definition) is 2. The number of hydrogen-bond acceptors (Lipinski definition) is 3. The second-order valence-electron chi connectivity index (χ2n) is 8.96. The summed E-state index contributed by atoms with van der Waals surface area (Å²) in [5.41, 5.74) is 2.55. The summed E-state index contributed by atoms with van der Waals surface area (Å²) in [7, 11) is 1.57. The van der Waals surface area contributed by atoms with E-state index < -0.39 is 41.3 Å². The van der Waals surface area contributed by atoms with Crippen molar-refractivity contribution >= 4 is 5.91 Å². The zero-order valence-corrected chi connectivity index (χ0v) is 19.3. The highest BCUT2D eigenvalue weighted by Gasteiger charge is 2.42. The standard InChI is InChI=1S/C25H29F6N3O/c1-34(22(35)15-17-13-19(24(26,27)28)16-20(14-17)25(29,30)31)23(18-5-3-2-4-6-18)9-7-21(8-10-23)33-12-11-32/h2-6,13-14,16,21,33H,7-12,15,32H2,1H3/t21-,23-. The molecule has 3 rings (SSSR count). The Morgan fingerprint density at radius 1 is 1.00 bits per heavy atom. The predicted octanol–water partition coefficient (Wildman–Crippen LogP) is 5.11. The van der Waals surface area contributed by atoms with Gasteiger partial charge in [-0.2, -0.15) is 26.3 Å². The molecule has 1 aliphatic carbocycles. The lowest BCUT2D eigenvalue weighted by Crippen LogP contribution is -2.52. The summed E-state index contributed by atoms with van der Waals surface area (Å²) in [4.78, 5) is 14.8. The number of benzene rings is 2. The van der Waals surface area contributed by atoms with Crippen LogP contribution in [-0.2, 0) is 29.1 Å². The van der Waals surface area contributed by atoms with Gasteiger partial charge in [-0.3, -0.25) is 4.79 Å². The van der Waals surface area contributed by atoms with E-state index in [-0.39, 0.29) is 17.7 Å². The maximum atomic E-state index is 13.3. The normalized spacial score (nSPS) is 21.1. The summed E-state index contributed by atoms with van der Waals surface area (Å²) in [5.74, 6) is -0.547. The largest absolute Gasteiger partial charge is 0.416 e. The van der Waals surface area contributed by atoms with Crippen LogP contribution >= 0.6 is 0 Å². The minimum absolute atomic E-state index is 0.0682. The smallest absolute Gasteiger partial charge is 0.336 e. The number of nitrogens with two attached hydrogens (primary N) is 1. The van der Waals surface area contributed by atoms with E-state index in [2.05, 4.69) is 5.32 Å². The van der Waals surface area contributed by atoms with Crippen molar-refractivity contribution in [3.63, 3.8) is 0 Å². The Hall–Kier alpha value is -2.59.